The number of aromatic nitrogens is 3. The van der Waals surface area contributed by atoms with Gasteiger partial charge in [0.1, 0.15) is 23.4 Å². The summed E-state index contributed by atoms with van der Waals surface area (Å²) in [5, 5.41) is 19.0. The van der Waals surface area contributed by atoms with E-state index in [0.29, 0.717) is 18.8 Å². The lowest BCUT2D eigenvalue weighted by molar-refractivity contribution is -0.141. The van der Waals surface area contributed by atoms with E-state index in [1.807, 2.05) is 0 Å². The minimum atomic E-state index is -0.833. The van der Waals surface area contributed by atoms with Crippen LogP contribution in [-0.2, 0) is 25.6 Å². The maximum atomic E-state index is 13.1. The quantitative estimate of drug-likeness (QED) is 0.339. The molecule has 12 heteroatoms. The number of nitrogens with one attached hydrogen (secondary N) is 2. The predicted octanol–water partition coefficient (Wildman–Crippen LogP) is 0.691. The van der Waals surface area contributed by atoms with E-state index in [-0.39, 0.29) is 46.9 Å². The number of hydrogen-bond donors (Lipinski definition) is 3. The lowest BCUT2D eigenvalue weighted by Crippen LogP contribution is -2.38. The SMILES string of the molecule is CC(=O)O.CC(=O)OCCn1c(=N)c(C(=O)NCC2CCCO2)cc2c(=O)n3ccccc3nc21. The molecular formula is C23H27N5O7. The monoisotopic (exact) mass is 485 g/mol. The Morgan fingerprint density at radius 3 is 2.71 bits per heavy atom. The molecule has 35 heavy (non-hydrogen) atoms. The van der Waals surface area contributed by atoms with Crippen molar-refractivity contribution in [3.63, 3.8) is 0 Å². The van der Waals surface area contributed by atoms with E-state index in [9.17, 15) is 14.4 Å². The second kappa shape index (κ2) is 11.4. The molecule has 0 bridgehead atoms. The van der Waals surface area contributed by atoms with E-state index in [1.165, 1.54) is 22.0 Å². The van der Waals surface area contributed by atoms with Crippen LogP contribution in [0.5, 0.6) is 0 Å². The summed E-state index contributed by atoms with van der Waals surface area (Å²) >= 11 is 0. The van der Waals surface area contributed by atoms with E-state index in [2.05, 4.69) is 10.3 Å². The highest BCUT2D eigenvalue weighted by atomic mass is 16.5. The molecular weight excluding hydrogens is 458 g/mol. The van der Waals surface area contributed by atoms with Crippen molar-refractivity contribution in [1.82, 2.24) is 19.3 Å². The zero-order valence-corrected chi connectivity index (χ0v) is 19.4. The van der Waals surface area contributed by atoms with Crippen LogP contribution in [0, 0.1) is 5.41 Å². The molecule has 0 saturated carbocycles. The standard InChI is InChI=1S/C21H23N5O5.C2H4O2/c1-13(27)30-10-8-26-18(22)15(20(28)23-12-14-5-4-9-31-14)11-16-19(26)24-17-6-2-3-7-25(17)21(16)29;1-2(3)4/h2-3,6-7,11,14,22H,4-5,8-10,12H2,1H3,(H,23,28);1H3,(H,3,4). The largest absolute Gasteiger partial charge is 0.481 e. The highest BCUT2D eigenvalue weighted by molar-refractivity contribution is 5.96. The Bertz CT molecular complexity index is 1370. The summed E-state index contributed by atoms with van der Waals surface area (Å²) in [5.41, 5.74) is 0.245. The second-order valence-electron chi connectivity index (χ2n) is 7.85. The van der Waals surface area contributed by atoms with E-state index in [1.54, 1.807) is 24.4 Å². The van der Waals surface area contributed by atoms with Crippen LogP contribution in [0.4, 0.5) is 0 Å². The molecule has 3 N–H and O–H groups in total. The van der Waals surface area contributed by atoms with Gasteiger partial charge in [-0.2, -0.15) is 0 Å². The molecule has 0 aliphatic carbocycles. The summed E-state index contributed by atoms with van der Waals surface area (Å²) in [6, 6.07) is 6.55. The summed E-state index contributed by atoms with van der Waals surface area (Å²) < 4.78 is 13.3. The van der Waals surface area contributed by atoms with Crippen molar-refractivity contribution >= 4 is 34.5 Å². The minimum Gasteiger partial charge on any atom is -0.481 e. The van der Waals surface area contributed by atoms with Crippen LogP contribution in [0.15, 0.2) is 35.3 Å². The summed E-state index contributed by atoms with van der Waals surface area (Å²) in [7, 11) is 0. The van der Waals surface area contributed by atoms with Crippen molar-refractivity contribution in [2.45, 2.75) is 39.3 Å². The molecule has 1 amide bonds. The number of nitrogens with zero attached hydrogens (tertiary/aromatic N) is 3. The van der Waals surface area contributed by atoms with Gasteiger partial charge in [0.25, 0.3) is 17.4 Å². The van der Waals surface area contributed by atoms with Gasteiger partial charge in [-0.3, -0.25) is 29.0 Å². The van der Waals surface area contributed by atoms with Crippen LogP contribution in [0.25, 0.3) is 16.7 Å². The van der Waals surface area contributed by atoms with Crippen molar-refractivity contribution in [2.24, 2.45) is 0 Å². The van der Waals surface area contributed by atoms with Gasteiger partial charge in [-0.25, -0.2) is 4.98 Å². The van der Waals surface area contributed by atoms with Crippen LogP contribution in [0.2, 0.25) is 0 Å². The highest BCUT2D eigenvalue weighted by Crippen LogP contribution is 2.12. The number of ether oxygens (including phenoxy) is 2. The third-order valence-electron chi connectivity index (χ3n) is 5.20. The number of hydrogen-bond acceptors (Lipinski definition) is 8. The topological polar surface area (TPSA) is 165 Å². The van der Waals surface area contributed by atoms with Crippen LogP contribution in [0.3, 0.4) is 0 Å². The van der Waals surface area contributed by atoms with Crippen molar-refractivity contribution < 1.29 is 29.0 Å². The molecule has 1 fully saturated rings. The molecule has 186 valence electrons. The second-order valence-corrected chi connectivity index (χ2v) is 7.85. The molecule has 1 saturated heterocycles. The lowest BCUT2D eigenvalue weighted by Gasteiger charge is -2.15. The van der Waals surface area contributed by atoms with Gasteiger partial charge in [0.2, 0.25) is 0 Å². The van der Waals surface area contributed by atoms with Gasteiger partial charge in [0.05, 0.1) is 23.6 Å². The average molecular weight is 485 g/mol. The highest BCUT2D eigenvalue weighted by Gasteiger charge is 2.20. The predicted molar refractivity (Wildman–Crippen MR) is 124 cm³/mol. The number of carboxylic acids is 1. The molecule has 3 aromatic rings. The van der Waals surface area contributed by atoms with Crippen LogP contribution in [0.1, 0.15) is 37.0 Å². The van der Waals surface area contributed by atoms with Crippen molar-refractivity contribution in [2.75, 3.05) is 19.8 Å². The third-order valence-corrected chi connectivity index (χ3v) is 5.20. The fraction of sp³-hybridized carbons (Fsp3) is 0.391. The van der Waals surface area contributed by atoms with Gasteiger partial charge in [0.15, 0.2) is 0 Å². The van der Waals surface area contributed by atoms with Crippen LogP contribution < -0.4 is 16.4 Å². The zero-order valence-electron chi connectivity index (χ0n) is 19.4. The molecule has 3 aromatic heterocycles. The number of rotatable bonds is 6. The minimum absolute atomic E-state index is 0.0161. The fourth-order valence-electron chi connectivity index (χ4n) is 3.67. The smallest absolute Gasteiger partial charge is 0.302 e. The molecule has 1 unspecified atom stereocenters. The van der Waals surface area contributed by atoms with E-state index in [4.69, 9.17) is 24.8 Å². The molecule has 0 spiro atoms. The normalized spacial score (nSPS) is 14.9. The summed E-state index contributed by atoms with van der Waals surface area (Å²) in [6.07, 6.45) is 3.36. The number of carbonyl (C=O) groups excluding carboxylic acids is 2. The third kappa shape index (κ3) is 6.29. The fourth-order valence-corrected chi connectivity index (χ4v) is 3.67. The summed E-state index contributed by atoms with van der Waals surface area (Å²) in [4.78, 5) is 50.6. The molecule has 4 rings (SSSR count). The van der Waals surface area contributed by atoms with Crippen molar-refractivity contribution in [3.8, 4) is 0 Å². The molecule has 1 aliphatic rings. The number of amides is 1. The van der Waals surface area contributed by atoms with Crippen molar-refractivity contribution in [3.05, 3.63) is 51.9 Å². The molecule has 0 aromatic carbocycles. The van der Waals surface area contributed by atoms with E-state index >= 15 is 0 Å². The van der Waals surface area contributed by atoms with Gasteiger partial charge in [-0.1, -0.05) is 6.07 Å². The van der Waals surface area contributed by atoms with Gasteiger partial charge < -0.3 is 24.5 Å². The lowest BCUT2D eigenvalue weighted by atomic mass is 10.2. The van der Waals surface area contributed by atoms with E-state index in [0.717, 1.165) is 19.8 Å². The molecule has 1 aliphatic heterocycles. The number of aliphatic carboxylic acids is 1. The van der Waals surface area contributed by atoms with Gasteiger partial charge in [-0.05, 0) is 31.0 Å². The first kappa shape index (κ1) is 25.6. The Hall–Kier alpha value is -4.06. The number of carbonyl (C=O) groups is 3. The Balaban J connectivity index is 0.000000795. The molecule has 12 nitrogen and oxygen atoms in total. The molecule has 0 radical (unpaired) electrons. The van der Waals surface area contributed by atoms with Crippen LogP contribution >= 0.6 is 0 Å². The van der Waals surface area contributed by atoms with Crippen molar-refractivity contribution in [1.29, 1.82) is 5.41 Å². The summed E-state index contributed by atoms with van der Waals surface area (Å²) in [5.74, 6) is -1.76. The van der Waals surface area contributed by atoms with E-state index < -0.39 is 17.8 Å². The Morgan fingerprint density at radius 2 is 2.06 bits per heavy atom. The first-order chi connectivity index (χ1) is 16.7. The van der Waals surface area contributed by atoms with Crippen LogP contribution in [-0.4, -0.2) is 62.8 Å². The Labute approximate surface area is 199 Å². The zero-order chi connectivity index (χ0) is 25.5. The first-order valence-electron chi connectivity index (χ1n) is 11.0. The number of pyridine rings is 2. The van der Waals surface area contributed by atoms with Gasteiger partial charge >= 0.3 is 5.97 Å². The number of fused-ring (bicyclic) bond motifs is 2. The number of esters is 1. The average Bonchev–Trinajstić information content (AvgIpc) is 3.32. The van der Waals surface area contributed by atoms with Gasteiger partial charge in [-0.15, -0.1) is 0 Å². The maximum Gasteiger partial charge on any atom is 0.302 e. The first-order valence-corrected chi connectivity index (χ1v) is 11.0. The van der Waals surface area contributed by atoms with Gasteiger partial charge in [0, 0.05) is 33.2 Å². The maximum absolute atomic E-state index is 13.1. The summed E-state index contributed by atoms with van der Waals surface area (Å²) in [6.45, 7) is 3.44. The number of carboxylic acid groups (broad SMARTS) is 1. The molecule has 4 heterocycles. The Morgan fingerprint density at radius 1 is 1.31 bits per heavy atom. The molecule has 1 atom stereocenters. The Kier molecular flexibility index (Phi) is 8.31.